The molecule has 0 fully saturated rings. The molecule has 1 aliphatic carbocycles. The largest absolute Gasteiger partial charge is 0.323 e. The van der Waals surface area contributed by atoms with Gasteiger partial charge >= 0.3 is 0 Å². The molecule has 2 nitrogen and oxygen atoms in total. The number of nitrogens with zero attached hydrogens (tertiary/aromatic N) is 1. The van der Waals surface area contributed by atoms with Gasteiger partial charge in [0, 0.05) is 16.5 Å². The van der Waals surface area contributed by atoms with Crippen LogP contribution in [-0.2, 0) is 12.8 Å². The van der Waals surface area contributed by atoms with E-state index in [-0.39, 0.29) is 6.04 Å². The molecule has 3 rings (SSSR count). The van der Waals surface area contributed by atoms with Crippen LogP contribution in [0.5, 0.6) is 0 Å². The summed E-state index contributed by atoms with van der Waals surface area (Å²) in [6, 6.07) is 8.76. The van der Waals surface area contributed by atoms with E-state index in [0.29, 0.717) is 0 Å². The van der Waals surface area contributed by atoms with Gasteiger partial charge < -0.3 is 5.73 Å². The Bertz CT molecular complexity index is 559. The first-order valence-electron chi connectivity index (χ1n) is 6.63. The molecule has 1 heterocycles. The van der Waals surface area contributed by atoms with Crippen LogP contribution < -0.4 is 5.73 Å². The molecule has 0 spiro atoms. The summed E-state index contributed by atoms with van der Waals surface area (Å²) in [4.78, 5) is 6.13. The maximum atomic E-state index is 6.18. The Morgan fingerprint density at radius 1 is 1.39 bits per heavy atom. The standard InChI is InChI=1S/C15H18N2S/c1-2-10-6-3-4-7-11(10)15-17-13-9-5-8-12(16)14(13)18-15/h3-4,6-7,12H,2,5,8-9,16H2,1H3. The van der Waals surface area contributed by atoms with Gasteiger partial charge in [-0.25, -0.2) is 4.98 Å². The van der Waals surface area contributed by atoms with Crippen molar-refractivity contribution in [3.63, 3.8) is 0 Å². The Labute approximate surface area is 112 Å². The lowest BCUT2D eigenvalue weighted by Crippen LogP contribution is -2.15. The van der Waals surface area contributed by atoms with Gasteiger partial charge in [-0.2, -0.15) is 0 Å². The predicted molar refractivity (Wildman–Crippen MR) is 76.8 cm³/mol. The number of hydrogen-bond donors (Lipinski definition) is 1. The van der Waals surface area contributed by atoms with Gasteiger partial charge in [-0.3, -0.25) is 0 Å². The zero-order valence-electron chi connectivity index (χ0n) is 10.6. The van der Waals surface area contributed by atoms with Crippen molar-refractivity contribution in [2.45, 2.75) is 38.6 Å². The number of benzene rings is 1. The molecule has 1 aromatic carbocycles. The second-order valence-corrected chi connectivity index (χ2v) is 5.87. The number of aromatic nitrogens is 1. The van der Waals surface area contributed by atoms with Crippen LogP contribution in [0.25, 0.3) is 10.6 Å². The molecule has 1 unspecified atom stereocenters. The van der Waals surface area contributed by atoms with Gasteiger partial charge in [0.15, 0.2) is 0 Å². The summed E-state index contributed by atoms with van der Waals surface area (Å²) < 4.78 is 0. The van der Waals surface area contributed by atoms with Crippen molar-refractivity contribution in [3.05, 3.63) is 40.4 Å². The van der Waals surface area contributed by atoms with Crippen molar-refractivity contribution in [2.75, 3.05) is 0 Å². The molecule has 0 bridgehead atoms. The van der Waals surface area contributed by atoms with Crippen molar-refractivity contribution < 1.29 is 0 Å². The Hall–Kier alpha value is -1.19. The molecular weight excluding hydrogens is 240 g/mol. The van der Waals surface area contributed by atoms with Crippen LogP contribution >= 0.6 is 11.3 Å². The highest BCUT2D eigenvalue weighted by atomic mass is 32.1. The third-order valence-electron chi connectivity index (χ3n) is 3.62. The van der Waals surface area contributed by atoms with E-state index < -0.39 is 0 Å². The van der Waals surface area contributed by atoms with Gasteiger partial charge in [0.1, 0.15) is 5.01 Å². The number of rotatable bonds is 2. The van der Waals surface area contributed by atoms with Crippen LogP contribution in [-0.4, -0.2) is 4.98 Å². The van der Waals surface area contributed by atoms with Crippen LogP contribution in [0.2, 0.25) is 0 Å². The number of nitrogens with two attached hydrogens (primary N) is 1. The fourth-order valence-electron chi connectivity index (χ4n) is 2.61. The SMILES string of the molecule is CCc1ccccc1-c1nc2c(s1)C(N)CCC2. The number of fused-ring (bicyclic) bond motifs is 1. The molecule has 1 atom stereocenters. The molecule has 0 amide bonds. The van der Waals surface area contributed by atoms with E-state index in [4.69, 9.17) is 10.7 Å². The number of aryl methyl sites for hydroxylation is 2. The van der Waals surface area contributed by atoms with Crippen molar-refractivity contribution in [1.82, 2.24) is 4.98 Å². The van der Waals surface area contributed by atoms with Crippen LogP contribution in [0.3, 0.4) is 0 Å². The molecule has 1 aromatic heterocycles. The highest BCUT2D eigenvalue weighted by molar-refractivity contribution is 7.15. The first-order valence-corrected chi connectivity index (χ1v) is 7.44. The van der Waals surface area contributed by atoms with Crippen LogP contribution in [0.15, 0.2) is 24.3 Å². The summed E-state index contributed by atoms with van der Waals surface area (Å²) >= 11 is 1.79. The highest BCUT2D eigenvalue weighted by Gasteiger charge is 2.22. The van der Waals surface area contributed by atoms with E-state index in [2.05, 4.69) is 31.2 Å². The third-order valence-corrected chi connectivity index (χ3v) is 4.88. The molecule has 3 heteroatoms. The maximum Gasteiger partial charge on any atom is 0.124 e. The van der Waals surface area contributed by atoms with Gasteiger partial charge in [-0.05, 0) is 31.2 Å². The third kappa shape index (κ3) is 1.98. The Kier molecular flexibility index (Phi) is 3.18. The Morgan fingerprint density at radius 2 is 2.22 bits per heavy atom. The van der Waals surface area contributed by atoms with Crippen molar-refractivity contribution in [2.24, 2.45) is 5.73 Å². The van der Waals surface area contributed by atoms with Crippen LogP contribution in [0.4, 0.5) is 0 Å². The molecule has 2 N–H and O–H groups in total. The summed E-state index contributed by atoms with van der Waals surface area (Å²) in [6.45, 7) is 2.19. The van der Waals surface area contributed by atoms with E-state index in [1.807, 2.05) is 0 Å². The van der Waals surface area contributed by atoms with E-state index in [1.165, 1.54) is 28.1 Å². The summed E-state index contributed by atoms with van der Waals surface area (Å²) in [6.07, 6.45) is 4.41. The Balaban J connectivity index is 2.07. The minimum absolute atomic E-state index is 0.203. The van der Waals surface area contributed by atoms with Crippen molar-refractivity contribution in [3.8, 4) is 10.6 Å². The molecular formula is C15H18N2S. The second-order valence-electron chi connectivity index (χ2n) is 4.84. The Morgan fingerprint density at radius 3 is 3.00 bits per heavy atom. The minimum Gasteiger partial charge on any atom is -0.323 e. The average Bonchev–Trinajstić information content (AvgIpc) is 2.84. The fraction of sp³-hybridized carbons (Fsp3) is 0.400. The van der Waals surface area contributed by atoms with E-state index in [0.717, 1.165) is 24.3 Å². The lowest BCUT2D eigenvalue weighted by Gasteiger charge is -2.15. The monoisotopic (exact) mass is 258 g/mol. The molecule has 0 saturated heterocycles. The fourth-order valence-corrected chi connectivity index (χ4v) is 3.81. The minimum atomic E-state index is 0.203. The average molecular weight is 258 g/mol. The zero-order chi connectivity index (χ0) is 12.5. The van der Waals surface area contributed by atoms with E-state index in [9.17, 15) is 0 Å². The quantitative estimate of drug-likeness (QED) is 0.892. The van der Waals surface area contributed by atoms with Gasteiger partial charge in [-0.15, -0.1) is 11.3 Å². The number of thiazole rings is 1. The first-order chi connectivity index (χ1) is 8.79. The highest BCUT2D eigenvalue weighted by Crippen LogP contribution is 2.37. The maximum absolute atomic E-state index is 6.18. The lowest BCUT2D eigenvalue weighted by atomic mass is 9.99. The second kappa shape index (κ2) is 4.82. The molecule has 94 valence electrons. The molecule has 0 radical (unpaired) electrons. The molecule has 18 heavy (non-hydrogen) atoms. The summed E-state index contributed by atoms with van der Waals surface area (Å²) in [5.74, 6) is 0. The van der Waals surface area contributed by atoms with Crippen molar-refractivity contribution in [1.29, 1.82) is 0 Å². The lowest BCUT2D eigenvalue weighted by molar-refractivity contribution is 0.573. The van der Waals surface area contributed by atoms with E-state index in [1.54, 1.807) is 11.3 Å². The molecule has 0 saturated carbocycles. The van der Waals surface area contributed by atoms with Gasteiger partial charge in [0.05, 0.1) is 5.69 Å². The topological polar surface area (TPSA) is 38.9 Å². The first kappa shape index (κ1) is 11.9. The van der Waals surface area contributed by atoms with Gasteiger partial charge in [0.25, 0.3) is 0 Å². The van der Waals surface area contributed by atoms with Crippen LogP contribution in [0, 0.1) is 0 Å². The molecule has 2 aromatic rings. The summed E-state index contributed by atoms with van der Waals surface area (Å²) in [5, 5.41) is 1.15. The summed E-state index contributed by atoms with van der Waals surface area (Å²) in [7, 11) is 0. The zero-order valence-corrected chi connectivity index (χ0v) is 11.5. The smallest absolute Gasteiger partial charge is 0.124 e. The predicted octanol–water partition coefficient (Wildman–Crippen LogP) is 3.71. The van der Waals surface area contributed by atoms with Gasteiger partial charge in [-0.1, -0.05) is 31.2 Å². The summed E-state index contributed by atoms with van der Waals surface area (Å²) in [5.41, 5.74) is 10.1. The van der Waals surface area contributed by atoms with Crippen molar-refractivity contribution >= 4 is 11.3 Å². The molecule has 1 aliphatic rings. The van der Waals surface area contributed by atoms with Gasteiger partial charge in [0.2, 0.25) is 0 Å². The number of hydrogen-bond acceptors (Lipinski definition) is 3. The van der Waals surface area contributed by atoms with Crippen LogP contribution in [0.1, 0.15) is 41.9 Å². The van der Waals surface area contributed by atoms with E-state index >= 15 is 0 Å². The normalized spacial score (nSPS) is 18.7. The molecule has 0 aliphatic heterocycles.